The molecule has 0 saturated carbocycles. The molecule has 12 nitrogen and oxygen atoms in total. The molecule has 0 saturated heterocycles. The fourth-order valence-electron chi connectivity index (χ4n) is 0.716. The maximum atomic E-state index is 9.00. The average molecular weight is 2450 g/mol. The van der Waals surface area contributed by atoms with Gasteiger partial charge in [-0.2, -0.15) is 0 Å². The molecular weight excluding hydrogens is 2440 g/mol. The van der Waals surface area contributed by atoms with Crippen LogP contribution >= 0.6 is 30.6 Å². The largest absolute Gasteiger partial charge is 0.343 e. The van der Waals surface area contributed by atoms with E-state index in [1.54, 1.807) is 0 Å². The summed E-state index contributed by atoms with van der Waals surface area (Å²) >= 11 is 0. The molecule has 1 heterocycles. The zero-order valence-electron chi connectivity index (χ0n) is 12.8. The molecule has 0 aromatic heterocycles. The molecule has 0 atom stereocenters. The minimum absolute atomic E-state index is 0. The molecule has 0 radical (unpaired) electrons. The number of nitrogens with zero attached hydrogens (tertiary/aromatic N) is 4. The molecule has 24 heteroatoms. The van der Waals surface area contributed by atoms with Gasteiger partial charge in [0.15, 0.2) is 0 Å². The van der Waals surface area contributed by atoms with Gasteiger partial charge in [-0.15, -0.1) is 18.1 Å². The summed E-state index contributed by atoms with van der Waals surface area (Å²) in [7, 11) is -19.0. The molecule has 0 aromatic carbocycles. The summed E-state index contributed by atoms with van der Waals surface area (Å²) in [6, 6.07) is 0. The van der Waals surface area contributed by atoms with Crippen molar-refractivity contribution in [3.05, 3.63) is 0 Å². The predicted molar refractivity (Wildman–Crippen MR) is 55.1 cm³/mol. The summed E-state index contributed by atoms with van der Waals surface area (Å²) in [5, 5.41) is 0. The Morgan fingerprint density at radius 1 is 0.292 bits per heavy atom. The van der Waals surface area contributed by atoms with E-state index < -0.39 is 30.6 Å². The molecule has 0 aliphatic carbocycles. The van der Waals surface area contributed by atoms with Crippen LogP contribution in [0.25, 0.3) is 0 Å². The first-order valence-corrected chi connectivity index (χ1v) is 9.60. The summed E-state index contributed by atoms with van der Waals surface area (Å²) in [5.41, 5.74) is 0. The third kappa shape index (κ3) is 9.80. The van der Waals surface area contributed by atoms with Crippen LogP contribution in [-0.4, -0.2) is 39.1 Å². The van der Waals surface area contributed by atoms with Crippen molar-refractivity contribution in [2.24, 2.45) is 18.1 Å². The Balaban J connectivity index is -0.0000000533. The molecule has 1 aliphatic rings. The molecule has 0 aromatic rings. The Morgan fingerprint density at radius 3 is 0.458 bits per heavy atom. The Kier molecular flexibility index (Phi) is 17.8. The third-order valence-corrected chi connectivity index (χ3v) is 8.64. The topological polar surface area (TPSA) is 211 Å². The van der Waals surface area contributed by atoms with Crippen LogP contribution < -0.4 is 0 Å². The summed E-state index contributed by atoms with van der Waals surface area (Å²) in [6.07, 6.45) is 0. The van der Waals surface area contributed by atoms with Crippen molar-refractivity contribution < 1.29 is 39.1 Å². The fraction of sp³-hybridized carbons (Fsp3) is 0. The smallest absolute Gasteiger partial charge is 0.322 e. The van der Waals surface area contributed by atoms with Crippen LogP contribution in [0.2, 0.25) is 0 Å². The van der Waals surface area contributed by atoms with E-state index in [0.717, 1.165) is 0 Å². The quantitative estimate of drug-likeness (QED) is 0.151. The molecule has 0 spiro atoms. The first-order chi connectivity index (χ1) is 6.83. The van der Waals surface area contributed by atoms with Crippen LogP contribution in [0.15, 0.2) is 18.1 Å². The van der Waals surface area contributed by atoms with E-state index >= 15 is 0 Å². The van der Waals surface area contributed by atoms with E-state index in [4.69, 9.17) is 39.1 Å². The zero-order chi connectivity index (χ0) is 12.8. The molecule has 1 rings (SSSR count). The number of hydrogen-bond donors (Lipinski definition) is 8. The molecular formula is H8N4O8P4Rf8. The van der Waals surface area contributed by atoms with Crippen molar-refractivity contribution in [2.45, 2.75) is 0 Å². The first kappa shape index (κ1) is 54.6. The van der Waals surface area contributed by atoms with Crippen LogP contribution in [0.5, 0.6) is 0 Å². The second-order valence-electron chi connectivity index (χ2n) is 2.50. The van der Waals surface area contributed by atoms with Crippen LogP contribution in [-0.2, 0) is 0 Å². The average Bonchev–Trinajstić information content (AvgIpc) is 1.67. The van der Waals surface area contributed by atoms with E-state index in [-0.39, 0.29) is 0 Å². The van der Waals surface area contributed by atoms with Gasteiger partial charge in [-0.05, 0) is 0 Å². The van der Waals surface area contributed by atoms with Gasteiger partial charge >= 0.3 is 30.6 Å². The van der Waals surface area contributed by atoms with Crippen LogP contribution in [0.4, 0.5) is 0 Å². The van der Waals surface area contributed by atoms with Crippen molar-refractivity contribution in [1.82, 2.24) is 0 Å². The third-order valence-electron chi connectivity index (χ3n) is 0.960. The van der Waals surface area contributed by atoms with E-state index in [1.165, 1.54) is 0 Å². The van der Waals surface area contributed by atoms with Gasteiger partial charge in [-0.1, -0.05) is 0 Å². The minimum Gasteiger partial charge on any atom is -0.322 e. The van der Waals surface area contributed by atoms with Crippen LogP contribution in [0, 0.1) is 0 Å². The summed E-state index contributed by atoms with van der Waals surface area (Å²) in [6.45, 7) is 0. The monoisotopic (exact) mass is 2450 g/mol. The van der Waals surface area contributed by atoms with Gasteiger partial charge in [0.25, 0.3) is 0 Å². The van der Waals surface area contributed by atoms with Gasteiger partial charge in [0.2, 0.25) is 0 Å². The van der Waals surface area contributed by atoms with Gasteiger partial charge in [0.1, 0.15) is 0 Å². The molecule has 8 N–H and O–H groups in total. The molecule has 0 amide bonds. The van der Waals surface area contributed by atoms with Crippen molar-refractivity contribution >= 4 is 30.6 Å². The summed E-state index contributed by atoms with van der Waals surface area (Å²) in [5.74, 6) is 0. The van der Waals surface area contributed by atoms with Crippen molar-refractivity contribution in [2.75, 3.05) is 0 Å². The Bertz CT molecular complexity index is 408. The van der Waals surface area contributed by atoms with Crippen molar-refractivity contribution in [3.63, 3.8) is 0 Å². The summed E-state index contributed by atoms with van der Waals surface area (Å²) < 4.78 is 10.2. The second-order valence-corrected chi connectivity index (χ2v) is 9.66. The molecule has 0 unspecified atom stereocenters. The van der Waals surface area contributed by atoms with Gasteiger partial charge in [0.05, 0.1) is 0 Å². The van der Waals surface area contributed by atoms with E-state index in [1.807, 2.05) is 0 Å². The second kappa shape index (κ2) is 7.84. The molecule has 0 bridgehead atoms. The molecule has 0 fully saturated rings. The number of hydrogen-bond acceptors (Lipinski definition) is 4. The van der Waals surface area contributed by atoms with E-state index in [2.05, 4.69) is 18.1 Å². The zero-order valence-corrected chi connectivity index (χ0v) is 67.6. The summed E-state index contributed by atoms with van der Waals surface area (Å²) in [4.78, 5) is 72.0. The van der Waals surface area contributed by atoms with E-state index in [9.17, 15) is 0 Å². The Labute approximate surface area is 88.6 Å². The first-order valence-electron chi connectivity index (χ1n) is 3.20. The van der Waals surface area contributed by atoms with Crippen LogP contribution in [0.3, 0.4) is 0 Å². The van der Waals surface area contributed by atoms with Gasteiger partial charge in [-0.25, -0.2) is 0 Å². The fourth-order valence-corrected chi connectivity index (χ4v) is 7.73. The Hall–Kier alpha value is -7.40. The minimum atomic E-state index is -4.75. The van der Waals surface area contributed by atoms with Crippen molar-refractivity contribution in [3.8, 4) is 0 Å². The predicted octanol–water partition coefficient (Wildman–Crippen LogP) is -0.277. The van der Waals surface area contributed by atoms with Crippen molar-refractivity contribution in [1.29, 1.82) is 0 Å². The molecule has 112 valence electrons. The van der Waals surface area contributed by atoms with E-state index in [0.29, 0.717) is 0 Å². The normalized spacial score (nSPS) is 19.7. The standard InChI is InChI=1S/H8N4O8P4.8Rf/c5-13(6)1-14(7,8)3-16(11,12)4-15(9,10)2-13;;;;;;;;/h5-12H;;;;;;;;. The Morgan fingerprint density at radius 2 is 0.375 bits per heavy atom. The molecule has 1 aliphatic heterocycles. The maximum Gasteiger partial charge on any atom is 0.343 e. The maximum absolute atomic E-state index is 9.00. The van der Waals surface area contributed by atoms with Gasteiger partial charge in [-0.3, -0.25) is 0 Å². The van der Waals surface area contributed by atoms with Gasteiger partial charge in [0, 0.05) is 0 Å². The van der Waals surface area contributed by atoms with Crippen LogP contribution in [0.1, 0.15) is 0 Å². The number of rotatable bonds is 0. The van der Waals surface area contributed by atoms with Gasteiger partial charge < -0.3 is 39.1 Å². The molecule has 24 heavy (non-hydrogen) atoms. The SMILES string of the molecule is OP1(O)=NP(O)(O)=NP(O)(O)=NP(O)(O)=N1.[Rf].[Rf].[Rf].[Rf].[Rf].[Rf].[Rf].[Rf].